The maximum Gasteiger partial charge on any atom is 0.254 e. The second-order valence-electron chi connectivity index (χ2n) is 7.55. The summed E-state index contributed by atoms with van der Waals surface area (Å²) in [6, 6.07) is 6.55. The minimum atomic E-state index is -3.40. The lowest BCUT2D eigenvalue weighted by Crippen LogP contribution is -2.32. The van der Waals surface area contributed by atoms with Crippen molar-refractivity contribution < 1.29 is 13.2 Å². The van der Waals surface area contributed by atoms with Gasteiger partial charge in [0, 0.05) is 30.8 Å². The van der Waals surface area contributed by atoms with Gasteiger partial charge < -0.3 is 9.47 Å². The topological polar surface area (TPSA) is 97.2 Å². The van der Waals surface area contributed by atoms with E-state index in [1.54, 1.807) is 24.3 Å². The van der Waals surface area contributed by atoms with Crippen molar-refractivity contribution in [3.8, 4) is 0 Å². The lowest BCUT2D eigenvalue weighted by molar-refractivity contribution is 0.0727. The van der Waals surface area contributed by atoms with E-state index >= 15 is 0 Å². The van der Waals surface area contributed by atoms with E-state index in [-0.39, 0.29) is 11.9 Å². The molecule has 1 aromatic heterocycles. The lowest BCUT2D eigenvalue weighted by Gasteiger charge is -2.25. The predicted octanol–water partition coefficient (Wildman–Crippen LogP) is 2.35. The molecule has 1 fully saturated rings. The summed E-state index contributed by atoms with van der Waals surface area (Å²) in [6.07, 6.45) is 7.24. The molecule has 1 N–H and O–H groups in total. The quantitative estimate of drug-likeness (QED) is 0.845. The van der Waals surface area contributed by atoms with Crippen LogP contribution in [0.25, 0.3) is 0 Å². The molecule has 4 rings (SSSR count). The molecule has 2 aliphatic heterocycles. The molecule has 8 nitrogen and oxygen atoms in total. The standard InChI is InChI=1S/C19H25N5O3S/c1-28(26,27)22-15-8-5-7-14(13-15)19(25)23-12-6-9-16(23)18-21-20-17-10-3-2-4-11-24(17)18/h5,7-8,13,16,22H,2-4,6,9-12H2,1H3/t16-/m1/s1. The number of aryl methyl sites for hydroxylation is 1. The summed E-state index contributed by atoms with van der Waals surface area (Å²) < 4.78 is 27.6. The third-order valence-corrected chi connectivity index (χ3v) is 5.97. The summed E-state index contributed by atoms with van der Waals surface area (Å²) in [5.74, 6) is 1.80. The Kier molecular flexibility index (Phi) is 5.09. The maximum atomic E-state index is 13.2. The SMILES string of the molecule is CS(=O)(=O)Nc1cccc(C(=O)N2CCC[C@@H]2c2nnc3n2CCCCC3)c1. The van der Waals surface area contributed by atoms with Crippen LogP contribution in [0, 0.1) is 0 Å². The van der Waals surface area contributed by atoms with Crippen LogP contribution in [0.2, 0.25) is 0 Å². The molecule has 0 spiro atoms. The molecule has 1 saturated heterocycles. The highest BCUT2D eigenvalue weighted by Crippen LogP contribution is 2.33. The van der Waals surface area contributed by atoms with Crippen LogP contribution in [-0.2, 0) is 23.0 Å². The number of anilines is 1. The van der Waals surface area contributed by atoms with Crippen LogP contribution < -0.4 is 4.72 Å². The van der Waals surface area contributed by atoms with Crippen LogP contribution >= 0.6 is 0 Å². The largest absolute Gasteiger partial charge is 0.328 e. The normalized spacial score (nSPS) is 19.9. The second kappa shape index (κ2) is 7.54. The molecule has 0 radical (unpaired) electrons. The van der Waals surface area contributed by atoms with E-state index in [1.165, 1.54) is 6.42 Å². The first-order valence-electron chi connectivity index (χ1n) is 9.73. The highest BCUT2D eigenvalue weighted by Gasteiger charge is 2.35. The number of aromatic nitrogens is 3. The van der Waals surface area contributed by atoms with Gasteiger partial charge in [-0.3, -0.25) is 9.52 Å². The van der Waals surface area contributed by atoms with Gasteiger partial charge in [-0.25, -0.2) is 8.42 Å². The second-order valence-corrected chi connectivity index (χ2v) is 9.30. The van der Waals surface area contributed by atoms with E-state index in [2.05, 4.69) is 19.5 Å². The number of carbonyl (C=O) groups excluding carboxylic acids is 1. The molecule has 0 bridgehead atoms. The van der Waals surface area contributed by atoms with Gasteiger partial charge in [0.25, 0.3) is 5.91 Å². The summed E-state index contributed by atoms with van der Waals surface area (Å²) >= 11 is 0. The average molecular weight is 404 g/mol. The highest BCUT2D eigenvalue weighted by molar-refractivity contribution is 7.92. The van der Waals surface area contributed by atoms with E-state index in [0.717, 1.165) is 56.6 Å². The number of nitrogens with one attached hydrogen (secondary N) is 1. The molecule has 3 heterocycles. The number of likely N-dealkylation sites (tertiary alicyclic amines) is 1. The molecule has 1 atom stereocenters. The van der Waals surface area contributed by atoms with Crippen molar-refractivity contribution in [1.29, 1.82) is 0 Å². The van der Waals surface area contributed by atoms with Crippen molar-refractivity contribution in [2.75, 3.05) is 17.5 Å². The van der Waals surface area contributed by atoms with Gasteiger partial charge in [-0.1, -0.05) is 12.5 Å². The number of hydrogen-bond acceptors (Lipinski definition) is 5. The van der Waals surface area contributed by atoms with Crippen LogP contribution in [0.1, 0.15) is 60.2 Å². The Bertz CT molecular complexity index is 985. The van der Waals surface area contributed by atoms with Gasteiger partial charge in [0.15, 0.2) is 5.82 Å². The average Bonchev–Trinajstić information content (AvgIpc) is 3.20. The Morgan fingerprint density at radius 2 is 2.00 bits per heavy atom. The van der Waals surface area contributed by atoms with Crippen molar-refractivity contribution in [3.05, 3.63) is 41.5 Å². The number of fused-ring (bicyclic) bond motifs is 1. The number of benzene rings is 1. The van der Waals surface area contributed by atoms with Crippen molar-refractivity contribution in [2.24, 2.45) is 0 Å². The number of nitrogens with zero attached hydrogens (tertiary/aromatic N) is 4. The molecule has 9 heteroatoms. The first kappa shape index (κ1) is 18.9. The summed E-state index contributed by atoms with van der Waals surface area (Å²) in [7, 11) is -3.40. The molecule has 150 valence electrons. The van der Waals surface area contributed by atoms with Gasteiger partial charge in [0.05, 0.1) is 12.3 Å². The van der Waals surface area contributed by atoms with Gasteiger partial charge >= 0.3 is 0 Å². The molecule has 2 aromatic rings. The van der Waals surface area contributed by atoms with Crippen molar-refractivity contribution >= 4 is 21.6 Å². The highest BCUT2D eigenvalue weighted by atomic mass is 32.2. The first-order valence-corrected chi connectivity index (χ1v) is 11.6. The molecule has 0 saturated carbocycles. The van der Waals surface area contributed by atoms with Crippen LogP contribution in [0.4, 0.5) is 5.69 Å². The molecule has 0 aliphatic carbocycles. The fourth-order valence-corrected chi connectivity index (χ4v) is 4.68. The number of rotatable bonds is 4. The maximum absolute atomic E-state index is 13.2. The Balaban J connectivity index is 1.60. The molecule has 1 amide bonds. The molecule has 0 unspecified atom stereocenters. The Morgan fingerprint density at radius 3 is 2.82 bits per heavy atom. The lowest BCUT2D eigenvalue weighted by atomic mass is 10.1. The van der Waals surface area contributed by atoms with E-state index in [0.29, 0.717) is 17.8 Å². The summed E-state index contributed by atoms with van der Waals surface area (Å²) in [5, 5.41) is 8.82. The van der Waals surface area contributed by atoms with Crippen molar-refractivity contribution in [1.82, 2.24) is 19.7 Å². The third-order valence-electron chi connectivity index (χ3n) is 5.36. The zero-order valence-corrected chi connectivity index (χ0v) is 16.8. The van der Waals surface area contributed by atoms with Gasteiger partial charge in [-0.05, 0) is 43.9 Å². The number of carbonyl (C=O) groups is 1. The van der Waals surface area contributed by atoms with Crippen LogP contribution in [0.3, 0.4) is 0 Å². The zero-order chi connectivity index (χ0) is 19.7. The smallest absolute Gasteiger partial charge is 0.254 e. The van der Waals surface area contributed by atoms with E-state index in [1.807, 2.05) is 4.90 Å². The van der Waals surface area contributed by atoms with Gasteiger partial charge in [0.1, 0.15) is 5.82 Å². The number of hydrogen-bond donors (Lipinski definition) is 1. The fraction of sp³-hybridized carbons (Fsp3) is 0.526. The molecule has 2 aliphatic rings. The predicted molar refractivity (Wildman–Crippen MR) is 105 cm³/mol. The van der Waals surface area contributed by atoms with E-state index < -0.39 is 10.0 Å². The van der Waals surface area contributed by atoms with E-state index in [9.17, 15) is 13.2 Å². The Morgan fingerprint density at radius 1 is 1.14 bits per heavy atom. The monoisotopic (exact) mass is 403 g/mol. The summed E-state index contributed by atoms with van der Waals surface area (Å²) in [4.78, 5) is 15.0. The summed E-state index contributed by atoms with van der Waals surface area (Å²) in [6.45, 7) is 1.57. The summed E-state index contributed by atoms with van der Waals surface area (Å²) in [5.41, 5.74) is 0.858. The van der Waals surface area contributed by atoms with Crippen LogP contribution in [0.15, 0.2) is 24.3 Å². The Hall–Kier alpha value is -2.42. The van der Waals surface area contributed by atoms with E-state index in [4.69, 9.17) is 0 Å². The van der Waals surface area contributed by atoms with Crippen molar-refractivity contribution in [3.63, 3.8) is 0 Å². The minimum Gasteiger partial charge on any atom is -0.328 e. The zero-order valence-electron chi connectivity index (χ0n) is 16.0. The molecular weight excluding hydrogens is 378 g/mol. The van der Waals surface area contributed by atoms with Crippen LogP contribution in [-0.4, -0.2) is 46.8 Å². The van der Waals surface area contributed by atoms with Gasteiger partial charge in [-0.2, -0.15) is 0 Å². The van der Waals surface area contributed by atoms with Gasteiger partial charge in [-0.15, -0.1) is 10.2 Å². The third kappa shape index (κ3) is 3.89. The molecular formula is C19H25N5O3S. The van der Waals surface area contributed by atoms with Crippen molar-refractivity contribution in [2.45, 2.75) is 51.1 Å². The molecule has 28 heavy (non-hydrogen) atoms. The first-order chi connectivity index (χ1) is 13.4. The fourth-order valence-electron chi connectivity index (χ4n) is 4.13. The molecule has 1 aromatic carbocycles. The number of sulfonamides is 1. The van der Waals surface area contributed by atoms with Crippen LogP contribution in [0.5, 0.6) is 0 Å². The van der Waals surface area contributed by atoms with Gasteiger partial charge in [0.2, 0.25) is 10.0 Å². The Labute approximate surface area is 165 Å². The minimum absolute atomic E-state index is 0.0848. The number of amides is 1.